The zero-order chi connectivity index (χ0) is 16.9. The van der Waals surface area contributed by atoms with Crippen LogP contribution < -0.4 is 5.32 Å². The molecule has 0 unspecified atom stereocenters. The molecule has 9 heteroatoms. The van der Waals surface area contributed by atoms with Gasteiger partial charge in [-0.3, -0.25) is 4.79 Å². The quantitative estimate of drug-likeness (QED) is 0.664. The molecule has 0 saturated carbocycles. The Morgan fingerprint density at radius 3 is 2.96 bits per heavy atom. The fraction of sp³-hybridized carbons (Fsp3) is 0.200. The minimum absolute atomic E-state index is 0.162. The summed E-state index contributed by atoms with van der Waals surface area (Å²) in [6.07, 6.45) is 0.283. The second-order valence-electron chi connectivity index (χ2n) is 4.85. The largest absolute Gasteiger partial charge is 0.411 e. The van der Waals surface area contributed by atoms with Gasteiger partial charge >= 0.3 is 0 Å². The van der Waals surface area contributed by atoms with Gasteiger partial charge in [0.2, 0.25) is 11.8 Å². The molecule has 0 aliphatic heterocycles. The van der Waals surface area contributed by atoms with Gasteiger partial charge in [0.15, 0.2) is 5.82 Å². The molecule has 3 rings (SSSR count). The Kier molecular flexibility index (Phi) is 5.17. The summed E-state index contributed by atoms with van der Waals surface area (Å²) in [5, 5.41) is 15.3. The fourth-order valence-electron chi connectivity index (χ4n) is 1.87. The molecule has 2 aromatic heterocycles. The van der Waals surface area contributed by atoms with Gasteiger partial charge in [0.05, 0.1) is 0 Å². The summed E-state index contributed by atoms with van der Waals surface area (Å²) in [7, 11) is 0. The summed E-state index contributed by atoms with van der Waals surface area (Å²) in [6.45, 7) is 1.76. The maximum absolute atomic E-state index is 11.8. The van der Waals surface area contributed by atoms with Crippen molar-refractivity contribution < 1.29 is 13.7 Å². The molecule has 0 radical (unpaired) electrons. The van der Waals surface area contributed by atoms with Crippen LogP contribution in [0.3, 0.4) is 0 Å². The van der Waals surface area contributed by atoms with E-state index < -0.39 is 0 Å². The second kappa shape index (κ2) is 7.50. The van der Waals surface area contributed by atoms with Crippen LogP contribution in [0.4, 0.5) is 5.82 Å². The second-order valence-corrected chi connectivity index (χ2v) is 6.34. The van der Waals surface area contributed by atoms with E-state index in [2.05, 4.69) is 20.7 Å². The molecule has 0 saturated heterocycles. The van der Waals surface area contributed by atoms with Gasteiger partial charge in [-0.1, -0.05) is 34.6 Å². The van der Waals surface area contributed by atoms with E-state index in [1.807, 2.05) is 12.1 Å². The number of aryl methyl sites for hydroxylation is 1. The van der Waals surface area contributed by atoms with Gasteiger partial charge in [-0.2, -0.15) is 0 Å². The minimum atomic E-state index is -0.162. The number of carbonyl (C=O) groups is 1. The normalized spacial score (nSPS) is 10.8. The van der Waals surface area contributed by atoms with Gasteiger partial charge in [-0.05, 0) is 25.1 Å². The van der Waals surface area contributed by atoms with E-state index in [4.69, 9.17) is 20.5 Å². The predicted octanol–water partition coefficient (Wildman–Crippen LogP) is 3.81. The zero-order valence-electron chi connectivity index (χ0n) is 12.7. The number of rotatable bonds is 6. The number of nitrogens with one attached hydrogen (secondary N) is 1. The van der Waals surface area contributed by atoms with Crippen LogP contribution in [0.25, 0.3) is 11.5 Å². The monoisotopic (exact) mass is 364 g/mol. The average molecular weight is 365 g/mol. The molecular weight excluding hydrogens is 352 g/mol. The number of carbonyl (C=O) groups excluding carboxylic acids is 1. The highest BCUT2D eigenvalue weighted by molar-refractivity contribution is 7.99. The molecule has 1 N–H and O–H groups in total. The first-order valence-electron chi connectivity index (χ1n) is 7.05. The van der Waals surface area contributed by atoms with Crippen molar-refractivity contribution in [1.29, 1.82) is 0 Å². The predicted molar refractivity (Wildman–Crippen MR) is 90.0 cm³/mol. The van der Waals surface area contributed by atoms with Crippen LogP contribution in [0.15, 0.2) is 44.5 Å². The van der Waals surface area contributed by atoms with Crippen molar-refractivity contribution in [2.45, 2.75) is 18.6 Å². The first kappa shape index (κ1) is 16.5. The van der Waals surface area contributed by atoms with Crippen LogP contribution in [0.5, 0.6) is 0 Å². The molecule has 0 spiro atoms. The average Bonchev–Trinajstić information content (AvgIpc) is 3.17. The van der Waals surface area contributed by atoms with E-state index in [9.17, 15) is 4.79 Å². The SMILES string of the molecule is Cc1cc(NC(=O)CCSc2nnc(-c3cccc(Cl)c3)o2)no1. The Morgan fingerprint density at radius 1 is 1.33 bits per heavy atom. The maximum Gasteiger partial charge on any atom is 0.276 e. The summed E-state index contributed by atoms with van der Waals surface area (Å²) < 4.78 is 10.4. The number of halogens is 1. The Hall–Kier alpha value is -2.32. The lowest BCUT2D eigenvalue weighted by atomic mass is 10.2. The van der Waals surface area contributed by atoms with Crippen LogP contribution in [0.1, 0.15) is 12.2 Å². The number of hydrogen-bond donors (Lipinski definition) is 1. The molecule has 0 aliphatic carbocycles. The van der Waals surface area contributed by atoms with Gasteiger partial charge in [0.1, 0.15) is 5.76 Å². The summed E-state index contributed by atoms with van der Waals surface area (Å²) in [5.74, 6) is 1.77. The Balaban J connectivity index is 1.49. The zero-order valence-corrected chi connectivity index (χ0v) is 14.2. The Bertz CT molecular complexity index is 849. The third kappa shape index (κ3) is 4.36. The smallest absolute Gasteiger partial charge is 0.276 e. The number of hydrogen-bond acceptors (Lipinski definition) is 7. The van der Waals surface area contributed by atoms with E-state index in [1.54, 1.807) is 25.1 Å². The maximum atomic E-state index is 11.8. The summed E-state index contributed by atoms with van der Waals surface area (Å²) >= 11 is 7.24. The first-order chi connectivity index (χ1) is 11.6. The van der Waals surface area contributed by atoms with Gasteiger partial charge in [-0.25, -0.2) is 0 Å². The molecule has 0 aliphatic rings. The lowest BCUT2D eigenvalue weighted by Crippen LogP contribution is -2.12. The number of thioether (sulfide) groups is 1. The van der Waals surface area contributed by atoms with Crippen LogP contribution in [0, 0.1) is 6.92 Å². The van der Waals surface area contributed by atoms with Crippen molar-refractivity contribution in [2.75, 3.05) is 11.1 Å². The molecular formula is C15H13ClN4O3S. The molecule has 2 heterocycles. The minimum Gasteiger partial charge on any atom is -0.411 e. The molecule has 7 nitrogen and oxygen atoms in total. The molecule has 3 aromatic rings. The lowest BCUT2D eigenvalue weighted by Gasteiger charge is -1.99. The van der Waals surface area contributed by atoms with Gasteiger partial charge in [0.25, 0.3) is 5.22 Å². The highest BCUT2D eigenvalue weighted by atomic mass is 35.5. The van der Waals surface area contributed by atoms with Crippen LogP contribution in [0.2, 0.25) is 5.02 Å². The molecule has 124 valence electrons. The van der Waals surface area contributed by atoms with Gasteiger partial charge in [-0.15, -0.1) is 10.2 Å². The van der Waals surface area contributed by atoms with Gasteiger partial charge < -0.3 is 14.3 Å². The van der Waals surface area contributed by atoms with Crippen molar-refractivity contribution in [3.05, 3.63) is 41.1 Å². The van der Waals surface area contributed by atoms with Crippen LogP contribution in [-0.2, 0) is 4.79 Å². The fourth-order valence-corrected chi connectivity index (χ4v) is 2.76. The molecule has 1 aromatic carbocycles. The Labute approximate surface area is 146 Å². The van der Waals surface area contributed by atoms with Crippen molar-refractivity contribution in [1.82, 2.24) is 15.4 Å². The van der Waals surface area contributed by atoms with E-state index in [1.165, 1.54) is 11.8 Å². The molecule has 0 bridgehead atoms. The number of anilines is 1. The molecule has 0 atom stereocenters. The summed E-state index contributed by atoms with van der Waals surface area (Å²) in [5.41, 5.74) is 0.751. The number of nitrogens with zero attached hydrogens (tertiary/aromatic N) is 3. The highest BCUT2D eigenvalue weighted by Gasteiger charge is 2.11. The first-order valence-corrected chi connectivity index (χ1v) is 8.42. The Morgan fingerprint density at radius 2 is 2.21 bits per heavy atom. The number of aromatic nitrogens is 3. The van der Waals surface area contributed by atoms with E-state index in [0.717, 1.165) is 5.56 Å². The van der Waals surface area contributed by atoms with Crippen LogP contribution in [-0.4, -0.2) is 27.0 Å². The highest BCUT2D eigenvalue weighted by Crippen LogP contribution is 2.25. The summed E-state index contributed by atoms with van der Waals surface area (Å²) in [6, 6.07) is 8.81. The van der Waals surface area contributed by atoms with E-state index in [0.29, 0.717) is 33.5 Å². The van der Waals surface area contributed by atoms with Crippen LogP contribution >= 0.6 is 23.4 Å². The molecule has 1 amide bonds. The third-order valence-electron chi connectivity index (χ3n) is 2.93. The third-order valence-corrected chi connectivity index (χ3v) is 3.98. The van der Waals surface area contributed by atoms with Crippen molar-refractivity contribution in [2.24, 2.45) is 0 Å². The van der Waals surface area contributed by atoms with E-state index >= 15 is 0 Å². The molecule has 24 heavy (non-hydrogen) atoms. The standard InChI is InChI=1S/C15H13ClN4O3S/c1-9-7-12(20-23-9)17-13(21)5-6-24-15-19-18-14(22-15)10-3-2-4-11(16)8-10/h2-4,7-8H,5-6H2,1H3,(H,17,20,21). The molecule has 0 fully saturated rings. The topological polar surface area (TPSA) is 94.1 Å². The summed E-state index contributed by atoms with van der Waals surface area (Å²) in [4.78, 5) is 11.8. The van der Waals surface area contributed by atoms with Crippen molar-refractivity contribution in [3.8, 4) is 11.5 Å². The van der Waals surface area contributed by atoms with Crippen molar-refractivity contribution in [3.63, 3.8) is 0 Å². The number of benzene rings is 1. The van der Waals surface area contributed by atoms with Crippen molar-refractivity contribution >= 4 is 35.1 Å². The lowest BCUT2D eigenvalue weighted by molar-refractivity contribution is -0.115. The number of amides is 1. The van der Waals surface area contributed by atoms with Gasteiger partial charge in [0, 0.05) is 28.8 Å². The van der Waals surface area contributed by atoms with E-state index in [-0.39, 0.29) is 12.3 Å².